The van der Waals surface area contributed by atoms with Crippen molar-refractivity contribution >= 4 is 17.2 Å². The SMILES string of the molecule is [N-]=[N+]=C1C(=N)C2CC2C1=O. The first-order chi connectivity index (χ1) is 4.75. The van der Waals surface area contributed by atoms with Crippen LogP contribution in [0.25, 0.3) is 5.53 Å². The Morgan fingerprint density at radius 2 is 2.30 bits per heavy atom. The van der Waals surface area contributed by atoms with Gasteiger partial charge in [-0.1, -0.05) is 0 Å². The smallest absolute Gasteiger partial charge is 0.361 e. The van der Waals surface area contributed by atoms with Crippen LogP contribution in [-0.2, 0) is 4.79 Å². The van der Waals surface area contributed by atoms with Gasteiger partial charge in [-0.15, -0.1) is 0 Å². The number of carbonyl (C=O) groups is 1. The number of carbonyl (C=O) groups excluding carboxylic acids is 1. The molecule has 0 amide bonds. The van der Waals surface area contributed by atoms with Gasteiger partial charge in [-0.2, -0.15) is 4.79 Å². The van der Waals surface area contributed by atoms with E-state index in [-0.39, 0.29) is 29.0 Å². The van der Waals surface area contributed by atoms with Gasteiger partial charge in [-0.25, -0.2) is 0 Å². The third-order valence-corrected chi connectivity index (χ3v) is 2.09. The van der Waals surface area contributed by atoms with Gasteiger partial charge in [-0.05, 0) is 6.42 Å². The van der Waals surface area contributed by atoms with E-state index in [2.05, 4.69) is 4.79 Å². The fourth-order valence-electron chi connectivity index (χ4n) is 1.39. The summed E-state index contributed by atoms with van der Waals surface area (Å²) in [4.78, 5) is 13.7. The molecule has 2 unspecified atom stereocenters. The van der Waals surface area contributed by atoms with Crippen LogP contribution in [0.1, 0.15) is 6.42 Å². The maximum atomic E-state index is 11.0. The minimum atomic E-state index is -0.155. The van der Waals surface area contributed by atoms with E-state index in [1.165, 1.54) is 0 Å². The Labute approximate surface area is 57.0 Å². The Morgan fingerprint density at radius 1 is 1.60 bits per heavy atom. The van der Waals surface area contributed by atoms with Crippen molar-refractivity contribution in [1.29, 1.82) is 5.41 Å². The van der Waals surface area contributed by atoms with Crippen LogP contribution < -0.4 is 0 Å². The second-order valence-electron chi connectivity index (χ2n) is 2.68. The summed E-state index contributed by atoms with van der Waals surface area (Å²) in [6.07, 6.45) is 0.788. The van der Waals surface area contributed by atoms with Gasteiger partial charge in [0, 0.05) is 11.8 Å². The van der Waals surface area contributed by atoms with Crippen LogP contribution in [0.15, 0.2) is 0 Å². The minimum absolute atomic E-state index is 0.0154. The van der Waals surface area contributed by atoms with Crippen LogP contribution in [0.5, 0.6) is 0 Å². The zero-order valence-electron chi connectivity index (χ0n) is 5.16. The Balaban J connectivity index is 2.50. The third-order valence-electron chi connectivity index (χ3n) is 2.09. The summed E-state index contributed by atoms with van der Waals surface area (Å²) >= 11 is 0. The summed E-state index contributed by atoms with van der Waals surface area (Å²) in [5.41, 5.74) is 8.46. The van der Waals surface area contributed by atoms with Crippen molar-refractivity contribution < 1.29 is 9.58 Å². The number of fused-ring (bicyclic) bond motifs is 1. The summed E-state index contributed by atoms with van der Waals surface area (Å²) in [6.45, 7) is 0. The fraction of sp³-hybridized carbons (Fsp3) is 0.500. The van der Waals surface area contributed by atoms with Crippen molar-refractivity contribution in [3.05, 3.63) is 5.53 Å². The first-order valence-corrected chi connectivity index (χ1v) is 3.10. The average Bonchev–Trinajstić information content (AvgIpc) is 2.62. The number of nitrogens with one attached hydrogen (secondary N) is 1. The predicted molar refractivity (Wildman–Crippen MR) is 33.0 cm³/mol. The molecule has 2 aliphatic rings. The molecule has 0 radical (unpaired) electrons. The molecule has 2 atom stereocenters. The summed E-state index contributed by atoms with van der Waals surface area (Å²) in [6, 6.07) is 0. The zero-order valence-corrected chi connectivity index (χ0v) is 5.16. The molecule has 10 heavy (non-hydrogen) atoms. The minimum Gasteiger partial charge on any atom is -0.361 e. The van der Waals surface area contributed by atoms with Crippen molar-refractivity contribution in [1.82, 2.24) is 0 Å². The first-order valence-electron chi connectivity index (χ1n) is 3.10. The van der Waals surface area contributed by atoms with Gasteiger partial charge in [0.15, 0.2) is 0 Å². The van der Waals surface area contributed by atoms with E-state index in [1.807, 2.05) is 0 Å². The molecule has 4 heteroatoms. The van der Waals surface area contributed by atoms with Gasteiger partial charge in [-0.3, -0.25) is 10.2 Å². The van der Waals surface area contributed by atoms with Crippen LogP contribution >= 0.6 is 0 Å². The Bertz CT molecular complexity index is 265. The quantitative estimate of drug-likeness (QED) is 0.365. The molecule has 50 valence electrons. The average molecular weight is 135 g/mol. The van der Waals surface area contributed by atoms with E-state index in [0.717, 1.165) is 6.42 Å². The topological polar surface area (TPSA) is 77.3 Å². The van der Waals surface area contributed by atoms with Crippen LogP contribution in [0.4, 0.5) is 0 Å². The molecule has 2 fully saturated rings. The van der Waals surface area contributed by atoms with Gasteiger partial charge in [0.2, 0.25) is 5.78 Å². The molecule has 0 heterocycles. The van der Waals surface area contributed by atoms with E-state index in [4.69, 9.17) is 10.9 Å². The molecular weight excluding hydrogens is 130 g/mol. The van der Waals surface area contributed by atoms with Crippen molar-refractivity contribution in [2.45, 2.75) is 6.42 Å². The molecule has 0 saturated heterocycles. The first kappa shape index (κ1) is 5.50. The van der Waals surface area contributed by atoms with Crippen LogP contribution in [-0.4, -0.2) is 22.0 Å². The number of Topliss-reactive ketones (excluding diaryl/α,β-unsaturated/α-hetero) is 1. The van der Waals surface area contributed by atoms with Gasteiger partial charge < -0.3 is 5.53 Å². The third kappa shape index (κ3) is 0.426. The van der Waals surface area contributed by atoms with Crippen LogP contribution in [0.3, 0.4) is 0 Å². The molecule has 0 aromatic heterocycles. The molecule has 0 aromatic carbocycles. The summed E-state index contributed by atoms with van der Waals surface area (Å²) in [5.74, 6) is -0.0886. The fourth-order valence-corrected chi connectivity index (χ4v) is 1.39. The number of hydrogen-bond donors (Lipinski definition) is 1. The molecule has 0 spiro atoms. The number of ketones is 1. The highest BCUT2D eigenvalue weighted by molar-refractivity contribution is 6.70. The standard InChI is InChI=1S/C6H5N3O/c7-4-2-1-3(2)6(10)5(4)9-8/h2-3,7H,1H2. The van der Waals surface area contributed by atoms with Gasteiger partial charge in [0.05, 0.1) is 0 Å². The molecule has 2 rings (SSSR count). The lowest BCUT2D eigenvalue weighted by molar-refractivity contribution is -0.117. The van der Waals surface area contributed by atoms with E-state index >= 15 is 0 Å². The van der Waals surface area contributed by atoms with E-state index in [0.29, 0.717) is 0 Å². The molecular formula is C6H5N3O. The lowest BCUT2D eigenvalue weighted by Crippen LogP contribution is -2.19. The molecule has 4 nitrogen and oxygen atoms in total. The second kappa shape index (κ2) is 1.41. The van der Waals surface area contributed by atoms with Crippen molar-refractivity contribution in [3.63, 3.8) is 0 Å². The van der Waals surface area contributed by atoms with Crippen molar-refractivity contribution in [3.8, 4) is 0 Å². The molecule has 1 N–H and O–H groups in total. The van der Waals surface area contributed by atoms with E-state index in [9.17, 15) is 4.79 Å². The van der Waals surface area contributed by atoms with Gasteiger partial charge in [0.25, 0.3) is 0 Å². The highest BCUT2D eigenvalue weighted by atomic mass is 16.1. The summed E-state index contributed by atoms with van der Waals surface area (Å²) in [7, 11) is 0. The maximum absolute atomic E-state index is 11.0. The highest BCUT2D eigenvalue weighted by Gasteiger charge is 2.60. The monoisotopic (exact) mass is 135 g/mol. The summed E-state index contributed by atoms with van der Waals surface area (Å²) in [5, 5.41) is 7.27. The van der Waals surface area contributed by atoms with E-state index in [1.54, 1.807) is 0 Å². The number of nitrogens with zero attached hydrogens (tertiary/aromatic N) is 2. The lowest BCUT2D eigenvalue weighted by atomic mass is 10.2. The number of rotatable bonds is 0. The molecule has 2 aliphatic carbocycles. The zero-order chi connectivity index (χ0) is 7.30. The van der Waals surface area contributed by atoms with E-state index < -0.39 is 0 Å². The summed E-state index contributed by atoms with van der Waals surface area (Å²) < 4.78 is 0. The normalized spacial score (nSPS) is 35.8. The molecule has 0 aromatic rings. The second-order valence-corrected chi connectivity index (χ2v) is 2.68. The van der Waals surface area contributed by atoms with Crippen molar-refractivity contribution in [2.75, 3.05) is 0 Å². The van der Waals surface area contributed by atoms with Gasteiger partial charge >= 0.3 is 5.71 Å². The Hall–Kier alpha value is -1.28. The molecule has 2 saturated carbocycles. The Kier molecular flexibility index (Phi) is 0.776. The van der Waals surface area contributed by atoms with Gasteiger partial charge in [0.1, 0.15) is 5.71 Å². The molecule has 0 bridgehead atoms. The maximum Gasteiger partial charge on any atom is 0.378 e. The largest absolute Gasteiger partial charge is 0.378 e. The predicted octanol–water partition coefficient (Wildman–Crippen LogP) is -0.104. The molecule has 0 aliphatic heterocycles. The van der Waals surface area contributed by atoms with Crippen molar-refractivity contribution in [2.24, 2.45) is 11.8 Å². The number of hydrogen-bond acceptors (Lipinski definition) is 2. The van der Waals surface area contributed by atoms with Crippen LogP contribution in [0.2, 0.25) is 0 Å². The Morgan fingerprint density at radius 3 is 2.60 bits per heavy atom. The highest BCUT2D eigenvalue weighted by Crippen LogP contribution is 2.45. The van der Waals surface area contributed by atoms with Crippen LogP contribution in [0, 0.1) is 17.2 Å². The lowest BCUT2D eigenvalue weighted by Gasteiger charge is -1.82.